The topological polar surface area (TPSA) is 63.4 Å². The first-order chi connectivity index (χ1) is 14.1. The van der Waals surface area contributed by atoms with Crippen molar-refractivity contribution >= 4 is 35.6 Å². The molecule has 1 aromatic carbocycles. The van der Waals surface area contributed by atoms with Crippen molar-refractivity contribution in [2.45, 2.75) is 26.8 Å². The zero-order chi connectivity index (χ0) is 20.2. The van der Waals surface area contributed by atoms with Gasteiger partial charge in [0.1, 0.15) is 5.65 Å². The molecule has 8 heteroatoms. The highest BCUT2D eigenvalue weighted by Crippen LogP contribution is 2.32. The quantitative estimate of drug-likeness (QED) is 0.305. The molecule has 0 atom stereocenters. The molecule has 0 radical (unpaired) electrons. The molecule has 4 rings (SSSR count). The highest BCUT2D eigenvalue weighted by Gasteiger charge is 2.14. The maximum Gasteiger partial charge on any atom is 0.231 e. The number of rotatable bonds is 6. The summed E-state index contributed by atoms with van der Waals surface area (Å²) in [6, 6.07) is 10.2. The van der Waals surface area contributed by atoms with Gasteiger partial charge in [-0.25, -0.2) is 4.98 Å². The lowest BCUT2D eigenvalue weighted by atomic mass is 10.2. The average molecular weight is 521 g/mol. The summed E-state index contributed by atoms with van der Waals surface area (Å²) in [6.45, 7) is 6.68. The van der Waals surface area contributed by atoms with Crippen LogP contribution >= 0.6 is 24.0 Å². The van der Waals surface area contributed by atoms with E-state index in [1.165, 1.54) is 5.56 Å². The molecule has 30 heavy (non-hydrogen) atoms. The summed E-state index contributed by atoms with van der Waals surface area (Å²) >= 11 is 0. The number of aromatic nitrogens is 2. The molecule has 1 N–H and O–H groups in total. The van der Waals surface area contributed by atoms with E-state index in [9.17, 15) is 0 Å². The van der Waals surface area contributed by atoms with Crippen molar-refractivity contribution in [2.24, 2.45) is 4.99 Å². The van der Waals surface area contributed by atoms with E-state index >= 15 is 0 Å². The summed E-state index contributed by atoms with van der Waals surface area (Å²) < 4.78 is 12.9. The molecule has 0 bridgehead atoms. The van der Waals surface area contributed by atoms with E-state index in [1.54, 1.807) is 0 Å². The summed E-state index contributed by atoms with van der Waals surface area (Å²) in [6.07, 6.45) is 4.92. The summed E-state index contributed by atoms with van der Waals surface area (Å²) in [7, 11) is 2.04. The molecule has 0 unspecified atom stereocenters. The van der Waals surface area contributed by atoms with E-state index in [1.807, 2.05) is 31.4 Å². The van der Waals surface area contributed by atoms with Crippen LogP contribution in [-0.2, 0) is 13.0 Å². The molecule has 160 valence electrons. The highest BCUT2D eigenvalue weighted by atomic mass is 127. The second-order valence-corrected chi connectivity index (χ2v) is 7.18. The largest absolute Gasteiger partial charge is 0.454 e. The van der Waals surface area contributed by atoms with Crippen molar-refractivity contribution < 1.29 is 9.47 Å². The number of hydrogen-bond acceptors (Lipinski definition) is 4. The molecular formula is C22H28IN5O2. The number of ether oxygens (including phenoxy) is 2. The number of fused-ring (bicyclic) bond motifs is 2. The second kappa shape index (κ2) is 10.0. The molecule has 0 amide bonds. The molecule has 7 nitrogen and oxygen atoms in total. The van der Waals surface area contributed by atoms with E-state index in [2.05, 4.69) is 46.8 Å². The zero-order valence-corrected chi connectivity index (χ0v) is 19.9. The molecule has 3 heterocycles. The molecule has 0 saturated carbocycles. The van der Waals surface area contributed by atoms with Gasteiger partial charge in [-0.2, -0.15) is 0 Å². The number of imidazole rings is 1. The first-order valence-electron chi connectivity index (χ1n) is 9.95. The lowest BCUT2D eigenvalue weighted by Gasteiger charge is -2.22. The third-order valence-corrected chi connectivity index (χ3v) is 4.91. The molecule has 0 fully saturated rings. The van der Waals surface area contributed by atoms with Crippen LogP contribution in [0.2, 0.25) is 0 Å². The second-order valence-electron chi connectivity index (χ2n) is 7.18. The minimum Gasteiger partial charge on any atom is -0.454 e. The van der Waals surface area contributed by atoms with Gasteiger partial charge in [-0.1, -0.05) is 12.1 Å². The van der Waals surface area contributed by atoms with Gasteiger partial charge >= 0.3 is 0 Å². The zero-order valence-electron chi connectivity index (χ0n) is 17.6. The minimum absolute atomic E-state index is 0. The van der Waals surface area contributed by atoms with Crippen molar-refractivity contribution in [2.75, 3.05) is 26.9 Å². The fraction of sp³-hybridized carbons (Fsp3) is 0.364. The summed E-state index contributed by atoms with van der Waals surface area (Å²) in [5.41, 5.74) is 4.40. The molecular weight excluding hydrogens is 493 g/mol. The Morgan fingerprint density at radius 2 is 2.10 bits per heavy atom. The number of aliphatic imine (C=N–C) groups is 1. The number of nitrogens with zero attached hydrogens (tertiary/aromatic N) is 4. The van der Waals surface area contributed by atoms with Gasteiger partial charge < -0.3 is 24.1 Å². The molecule has 3 aromatic rings. The van der Waals surface area contributed by atoms with Gasteiger partial charge in [0.25, 0.3) is 0 Å². The number of pyridine rings is 1. The predicted molar refractivity (Wildman–Crippen MR) is 129 cm³/mol. The summed E-state index contributed by atoms with van der Waals surface area (Å²) in [4.78, 5) is 11.7. The molecule has 2 aromatic heterocycles. The Hall–Kier alpha value is -2.49. The SMILES string of the molecule is CCNC(=NCCc1cn2cccc(C)c2n1)N(C)Cc1ccc2c(c1)OCO2.I. The molecule has 1 aliphatic rings. The van der Waals surface area contributed by atoms with E-state index in [0.717, 1.165) is 53.9 Å². The Bertz CT molecular complexity index is 1030. The fourth-order valence-corrected chi connectivity index (χ4v) is 3.46. The Kier molecular flexibility index (Phi) is 7.41. The third-order valence-electron chi connectivity index (χ3n) is 4.91. The summed E-state index contributed by atoms with van der Waals surface area (Å²) in [5.74, 6) is 2.49. The molecule has 1 aliphatic heterocycles. The fourth-order valence-electron chi connectivity index (χ4n) is 3.46. The van der Waals surface area contributed by atoms with Crippen LogP contribution < -0.4 is 14.8 Å². The van der Waals surface area contributed by atoms with Crippen LogP contribution in [0.25, 0.3) is 5.65 Å². The van der Waals surface area contributed by atoms with E-state index in [-0.39, 0.29) is 24.0 Å². The van der Waals surface area contributed by atoms with Crippen molar-refractivity contribution in [3.63, 3.8) is 0 Å². The lowest BCUT2D eigenvalue weighted by Crippen LogP contribution is -2.38. The van der Waals surface area contributed by atoms with Crippen LogP contribution in [0.5, 0.6) is 11.5 Å². The number of aryl methyl sites for hydroxylation is 1. The first-order valence-corrected chi connectivity index (χ1v) is 9.95. The maximum absolute atomic E-state index is 5.48. The Labute approximate surface area is 194 Å². The molecule has 0 spiro atoms. The number of halogens is 1. The van der Waals surface area contributed by atoms with Gasteiger partial charge in [-0.15, -0.1) is 24.0 Å². The van der Waals surface area contributed by atoms with Crippen molar-refractivity contribution in [1.82, 2.24) is 19.6 Å². The standard InChI is InChI=1S/C22H27N5O2.HI/c1-4-23-22(26(3)13-17-7-8-19-20(12-17)29-15-28-19)24-10-9-18-14-27-11-5-6-16(2)21(27)25-18;/h5-8,11-12,14H,4,9-10,13,15H2,1-3H3,(H,23,24);1H. The number of hydrogen-bond donors (Lipinski definition) is 1. The van der Waals surface area contributed by atoms with Gasteiger partial charge in [0.15, 0.2) is 17.5 Å². The van der Waals surface area contributed by atoms with Gasteiger partial charge in [0.2, 0.25) is 6.79 Å². The van der Waals surface area contributed by atoms with Crippen LogP contribution in [0.4, 0.5) is 0 Å². The van der Waals surface area contributed by atoms with Crippen molar-refractivity contribution in [3.05, 3.63) is 59.5 Å². The summed E-state index contributed by atoms with van der Waals surface area (Å²) in [5, 5.41) is 3.37. The van der Waals surface area contributed by atoms with E-state index < -0.39 is 0 Å². The normalized spacial score (nSPS) is 12.7. The smallest absolute Gasteiger partial charge is 0.231 e. The van der Waals surface area contributed by atoms with Crippen LogP contribution in [0.15, 0.2) is 47.7 Å². The van der Waals surface area contributed by atoms with Crippen LogP contribution in [0, 0.1) is 6.92 Å². The minimum atomic E-state index is 0. The van der Waals surface area contributed by atoms with Crippen LogP contribution in [0.3, 0.4) is 0 Å². The monoisotopic (exact) mass is 521 g/mol. The van der Waals surface area contributed by atoms with E-state index in [4.69, 9.17) is 19.5 Å². The van der Waals surface area contributed by atoms with Crippen molar-refractivity contribution in [1.29, 1.82) is 0 Å². The third kappa shape index (κ3) is 4.97. The number of benzene rings is 1. The van der Waals surface area contributed by atoms with E-state index in [0.29, 0.717) is 13.3 Å². The Morgan fingerprint density at radius 1 is 1.27 bits per heavy atom. The molecule has 0 saturated heterocycles. The predicted octanol–water partition coefficient (Wildman–Crippen LogP) is 3.63. The van der Waals surface area contributed by atoms with Crippen LogP contribution in [0.1, 0.15) is 23.7 Å². The van der Waals surface area contributed by atoms with Crippen molar-refractivity contribution in [3.8, 4) is 11.5 Å². The van der Waals surface area contributed by atoms with Gasteiger partial charge in [-0.05, 0) is 43.2 Å². The lowest BCUT2D eigenvalue weighted by molar-refractivity contribution is 0.174. The van der Waals surface area contributed by atoms with Gasteiger partial charge in [0, 0.05) is 45.5 Å². The highest BCUT2D eigenvalue weighted by molar-refractivity contribution is 14.0. The Morgan fingerprint density at radius 3 is 2.90 bits per heavy atom. The Balaban J connectivity index is 0.00000256. The number of guanidine groups is 1. The van der Waals surface area contributed by atoms with Gasteiger partial charge in [-0.3, -0.25) is 4.99 Å². The van der Waals surface area contributed by atoms with Gasteiger partial charge in [0.05, 0.1) is 5.69 Å². The average Bonchev–Trinajstić information content (AvgIpc) is 3.34. The molecule has 0 aliphatic carbocycles. The number of nitrogens with one attached hydrogen (secondary N) is 1. The van der Waals surface area contributed by atoms with Crippen LogP contribution in [-0.4, -0.2) is 47.2 Å². The maximum atomic E-state index is 5.48. The first kappa shape index (κ1) is 22.2.